The summed E-state index contributed by atoms with van der Waals surface area (Å²) in [5.41, 5.74) is 22.0. The minimum atomic E-state index is -1.66. The molecule has 2 aromatic heterocycles. The van der Waals surface area contributed by atoms with Gasteiger partial charge in [-0.15, -0.1) is 0 Å². The number of carbonyl (C=O) groups excluding carboxylic acids is 15. The number of primary amides is 1. The monoisotopic (exact) mass is 1790 g/mol. The van der Waals surface area contributed by atoms with Crippen LogP contribution < -0.4 is 65.1 Å². The van der Waals surface area contributed by atoms with Crippen LogP contribution in [0.1, 0.15) is 186 Å². The van der Waals surface area contributed by atoms with Crippen LogP contribution in [-0.4, -0.2) is 277 Å². The molecule has 3 aromatic carbocycles. The Labute approximate surface area is 752 Å². The SMILES string of the molecule is CCCC[C@H]1C(=O)N(C)[C@@H](CCCC)C(=O)N[C@@H](CC(C)C)C(=O)NCCCCC(=O)N[C@@H](Cc2ccc(C)cc2)C(=O)N2CCCC[C@H]2C(=O)N[C@@H](CC(N)=O)C(=O)N2CCC[C@H]2C(=O)N[C@@H](CN)C(=O)N[C@@H](CC(C)C)C(=O)N2C[C@H](O)C[C@H]2C(=O)N[C@@H](Cc2c[nH]c3ccccc23)C(=O)N[C@@H](CCN)C(=O)N[C@@H](Cc2cn(CC(=O)O)c3ccccc23)C(=O)N1C. The minimum Gasteiger partial charge on any atom is -0.480 e. The lowest BCUT2D eigenvalue weighted by atomic mass is 9.97. The largest absolute Gasteiger partial charge is 0.480 e. The number of amides is 15. The predicted molar refractivity (Wildman–Crippen MR) is 480 cm³/mol. The van der Waals surface area contributed by atoms with Crippen LogP contribution in [0.2, 0.25) is 0 Å². The molecule has 4 aliphatic heterocycles. The normalized spacial score (nSPS) is 25.5. The van der Waals surface area contributed by atoms with E-state index in [4.69, 9.17) is 17.2 Å². The van der Waals surface area contributed by atoms with E-state index in [2.05, 4.69) is 52.8 Å². The number of aromatic amines is 1. The van der Waals surface area contributed by atoms with E-state index < -0.39 is 205 Å². The van der Waals surface area contributed by atoms with E-state index in [0.717, 1.165) is 15.4 Å². The van der Waals surface area contributed by atoms with Crippen LogP contribution in [0, 0.1) is 18.8 Å². The van der Waals surface area contributed by atoms with E-state index in [1.165, 1.54) is 33.4 Å². The molecule has 9 rings (SSSR count). The van der Waals surface area contributed by atoms with Crippen LogP contribution in [0.3, 0.4) is 0 Å². The van der Waals surface area contributed by atoms with Crippen molar-refractivity contribution in [2.75, 3.05) is 53.4 Å². The van der Waals surface area contributed by atoms with E-state index >= 15 is 38.4 Å². The van der Waals surface area contributed by atoms with Gasteiger partial charge >= 0.3 is 5.97 Å². The summed E-state index contributed by atoms with van der Waals surface area (Å²) in [5.74, 6) is -13.6. The van der Waals surface area contributed by atoms with Crippen molar-refractivity contribution in [2.24, 2.45) is 29.0 Å². The van der Waals surface area contributed by atoms with Gasteiger partial charge in [-0.1, -0.05) is 133 Å². The molecule has 129 heavy (non-hydrogen) atoms. The van der Waals surface area contributed by atoms with Gasteiger partial charge in [0.2, 0.25) is 88.6 Å². The van der Waals surface area contributed by atoms with Crippen LogP contribution in [0.4, 0.5) is 0 Å². The first-order valence-electron chi connectivity index (χ1n) is 45.4. The fraction of sp³-hybridized carbons (Fsp3) is 0.587. The van der Waals surface area contributed by atoms with E-state index in [1.807, 2.05) is 58.9 Å². The Kier molecular flexibility index (Phi) is 37.5. The van der Waals surface area contributed by atoms with Crippen molar-refractivity contribution in [3.63, 3.8) is 0 Å². The Morgan fingerprint density at radius 1 is 0.504 bits per heavy atom. The Balaban J connectivity index is 1.08. The number of H-pyrrole nitrogens is 1. The zero-order valence-electron chi connectivity index (χ0n) is 75.7. The summed E-state index contributed by atoms with van der Waals surface area (Å²) in [6.07, 6.45) is 3.95. The second-order valence-corrected chi connectivity index (χ2v) is 35.5. The lowest BCUT2D eigenvalue weighted by Crippen LogP contribution is -2.62. The molecule has 0 radical (unpaired) electrons. The molecule has 0 saturated carbocycles. The van der Waals surface area contributed by atoms with Crippen molar-refractivity contribution >= 4 is 116 Å². The van der Waals surface area contributed by atoms with Crippen LogP contribution in [0.25, 0.3) is 21.8 Å². The van der Waals surface area contributed by atoms with Crippen molar-refractivity contribution in [3.8, 4) is 0 Å². The second kappa shape index (κ2) is 48.0. The first-order chi connectivity index (χ1) is 61.5. The number of benzene rings is 3. The number of aromatic nitrogens is 2. The molecular weight excluding hydrogens is 1660 g/mol. The van der Waals surface area contributed by atoms with Gasteiger partial charge in [0.25, 0.3) is 0 Å². The highest BCUT2D eigenvalue weighted by Gasteiger charge is 2.47. The fourth-order valence-corrected chi connectivity index (χ4v) is 17.7. The van der Waals surface area contributed by atoms with Crippen LogP contribution >= 0.6 is 0 Å². The van der Waals surface area contributed by atoms with Gasteiger partial charge in [0.05, 0.1) is 12.5 Å². The molecule has 5 aromatic rings. The number of likely N-dealkylation sites (N-methyl/N-ethyl adjacent to an activating group) is 2. The zero-order chi connectivity index (χ0) is 94.0. The molecule has 0 unspecified atom stereocenters. The van der Waals surface area contributed by atoms with Crippen molar-refractivity contribution in [2.45, 2.75) is 281 Å². The predicted octanol–water partition coefficient (Wildman–Crippen LogP) is 1.37. The van der Waals surface area contributed by atoms with Crippen molar-refractivity contribution in [1.82, 2.24) is 81.9 Å². The number of piperidine rings is 1. The number of aryl methyl sites for hydroxylation is 1. The highest BCUT2D eigenvalue weighted by molar-refractivity contribution is 6.02. The highest BCUT2D eigenvalue weighted by Crippen LogP contribution is 2.30. The van der Waals surface area contributed by atoms with Gasteiger partial charge in [-0.2, -0.15) is 0 Å². The van der Waals surface area contributed by atoms with Gasteiger partial charge in [-0.25, -0.2) is 0 Å². The van der Waals surface area contributed by atoms with Gasteiger partial charge in [0, 0.05) is 113 Å². The molecule has 14 atom stereocenters. The molecule has 37 heteroatoms. The molecule has 37 nitrogen and oxygen atoms in total. The lowest BCUT2D eigenvalue weighted by molar-refractivity contribution is -0.149. The summed E-state index contributed by atoms with van der Waals surface area (Å²) < 4.78 is 1.48. The minimum absolute atomic E-state index is 0.00647. The standard InChI is InChI=1S/C92H133N19O18/c1-10-12-26-72-84(121)100-64(41-53(3)4)80(117)96-38-20-18-31-78(114)98-67(43-56-34-32-55(7)33-35-56)89(126)109-39-21-19-29-73(109)85(122)104-69(47-77(95)113)90(127)110-40-22-30-74(110)86(123)105-70(48-94)83(120)102-66(42-54(5)6)91(128)111-51-59(112)46-76(111)87(124)101-65(44-57-49-97-62-25-16-14-23-60(57)62)82(119)99-63(36-37-93)81(118)103-68(88(125)107(9)75(27-13-11-2)92(129)106(72)8)45-58-50-108(52-79(115)116)71-28-17-15-24-61(58)71/h14-17,23-25,28,32-35,49-50,53-54,59,63-70,72-76,97,112H,10-13,18-22,26-27,29-31,36-48,51-52,93-94H2,1-9H3,(H2,95,113)(H,96,117)(H,98,114)(H,99,119)(H,100,121)(H,101,124)(H,102,120)(H,103,118)(H,104,122)(H,105,123)(H,115,116)/t59-,63+,64+,65+,66+,67+,68+,69+,70+,72+,73+,74+,75+,76+/m1/s1. The Bertz CT molecular complexity index is 4800. The fourth-order valence-electron chi connectivity index (χ4n) is 17.7. The van der Waals surface area contributed by atoms with Gasteiger partial charge < -0.3 is 109 Å². The number of hydrogen-bond acceptors (Lipinski definition) is 19. The molecular formula is C92H133N19O18. The Morgan fingerprint density at radius 3 is 1.69 bits per heavy atom. The summed E-state index contributed by atoms with van der Waals surface area (Å²) in [7, 11) is 2.84. The first kappa shape index (κ1) is 101. The van der Waals surface area contributed by atoms with Crippen LogP contribution in [0.5, 0.6) is 0 Å². The number of carboxylic acids is 1. The summed E-state index contributed by atoms with van der Waals surface area (Å²) >= 11 is 0. The van der Waals surface area contributed by atoms with Gasteiger partial charge in [-0.3, -0.25) is 76.7 Å². The maximum absolute atomic E-state index is 15.9. The molecule has 6 heterocycles. The summed E-state index contributed by atoms with van der Waals surface area (Å²) in [6.45, 7) is 11.3. The number of nitrogens with one attached hydrogen (secondary N) is 10. The smallest absolute Gasteiger partial charge is 0.323 e. The van der Waals surface area contributed by atoms with Crippen LogP contribution in [-0.2, 0) is 103 Å². The van der Waals surface area contributed by atoms with Gasteiger partial charge in [0.1, 0.15) is 85.1 Å². The van der Waals surface area contributed by atoms with Gasteiger partial charge in [0.15, 0.2) is 0 Å². The summed E-state index contributed by atoms with van der Waals surface area (Å²) in [6, 6.07) is 3.02. The lowest BCUT2D eigenvalue weighted by Gasteiger charge is -2.38. The number of hydrogen-bond donors (Lipinski definition) is 15. The van der Waals surface area contributed by atoms with E-state index in [1.54, 1.807) is 74.8 Å². The molecule has 0 aliphatic carbocycles. The number of nitrogens with two attached hydrogens (primary N) is 3. The topological polar surface area (TPSA) is 537 Å². The average molecular weight is 1790 g/mol. The zero-order valence-corrected chi connectivity index (χ0v) is 75.7. The number of carbonyl (C=O) groups is 16. The number of fused-ring (bicyclic) bond motifs is 5. The molecule has 0 spiro atoms. The summed E-state index contributed by atoms with van der Waals surface area (Å²) in [4.78, 5) is 245. The molecule has 18 N–H and O–H groups in total. The third-order valence-electron chi connectivity index (χ3n) is 24.6. The first-order valence-corrected chi connectivity index (χ1v) is 45.4. The van der Waals surface area contributed by atoms with E-state index in [0.29, 0.717) is 77.0 Å². The number of aliphatic hydroxyl groups is 1. The molecule has 4 fully saturated rings. The number of carboxylic acid groups (broad SMARTS) is 1. The molecule has 15 amide bonds. The Morgan fingerprint density at radius 2 is 1.04 bits per heavy atom. The average Bonchev–Trinajstić information content (AvgIpc) is 1.70. The maximum atomic E-state index is 15.9. The second-order valence-electron chi connectivity index (χ2n) is 35.5. The molecule has 0 bridgehead atoms. The van der Waals surface area contributed by atoms with E-state index in [-0.39, 0.29) is 134 Å². The number of nitrogens with zero attached hydrogens (tertiary/aromatic N) is 6. The number of para-hydroxylation sites is 2. The number of aliphatic carboxylic acids is 1. The molecule has 4 saturated heterocycles. The van der Waals surface area contributed by atoms with Crippen LogP contribution in [0.15, 0.2) is 85.2 Å². The number of aliphatic hydroxyl groups excluding tert-OH is 1. The highest BCUT2D eigenvalue weighted by atomic mass is 16.4. The van der Waals surface area contributed by atoms with E-state index in [9.17, 15) is 48.6 Å². The van der Waals surface area contributed by atoms with Crippen molar-refractivity contribution in [3.05, 3.63) is 107 Å². The maximum Gasteiger partial charge on any atom is 0.323 e. The van der Waals surface area contributed by atoms with Crippen molar-refractivity contribution in [1.29, 1.82) is 0 Å². The quantitative estimate of drug-likeness (QED) is 0.0439. The Hall–Kier alpha value is -11.9. The van der Waals surface area contributed by atoms with Gasteiger partial charge in [-0.05, 0) is 131 Å². The summed E-state index contributed by atoms with van der Waals surface area (Å²) in [5, 5.41) is 47.9. The van der Waals surface area contributed by atoms with Crippen molar-refractivity contribution < 1.29 is 86.9 Å². The molecule has 704 valence electrons. The third-order valence-corrected chi connectivity index (χ3v) is 24.6. The molecule has 4 aliphatic rings. The third kappa shape index (κ3) is 27.4. The number of rotatable bonds is 23. The number of unbranched alkanes of at least 4 members (excludes halogenated alkanes) is 2.